The van der Waals surface area contributed by atoms with E-state index in [0.717, 1.165) is 35.5 Å². The molecule has 0 N–H and O–H groups in total. The Morgan fingerprint density at radius 2 is 1.85 bits per heavy atom. The molecule has 0 saturated carbocycles. The van der Waals surface area contributed by atoms with Crippen molar-refractivity contribution in [2.24, 2.45) is 7.05 Å². The number of fused-ring (bicyclic) bond motifs is 2. The first kappa shape index (κ1) is 16.2. The van der Waals surface area contributed by atoms with Gasteiger partial charge in [-0.15, -0.1) is 0 Å². The Balaban J connectivity index is 1.39. The summed E-state index contributed by atoms with van der Waals surface area (Å²) < 4.78 is 16.9. The molecule has 3 heterocycles. The molecule has 0 atom stereocenters. The zero-order valence-electron chi connectivity index (χ0n) is 15.2. The van der Waals surface area contributed by atoms with Crippen LogP contribution in [0.15, 0.2) is 67.0 Å². The molecule has 0 spiro atoms. The van der Waals surface area contributed by atoms with Gasteiger partial charge in [-0.2, -0.15) is 0 Å². The highest BCUT2D eigenvalue weighted by Crippen LogP contribution is 2.28. The molecule has 4 heteroatoms. The fraction of sp³-hybridized carbons (Fsp3) is 0.174. The molecule has 4 aromatic rings. The second-order valence-corrected chi connectivity index (χ2v) is 7.26. The van der Waals surface area contributed by atoms with Crippen LogP contribution in [0.2, 0.25) is 0 Å². The summed E-state index contributed by atoms with van der Waals surface area (Å²) in [6.45, 7) is 2.21. The van der Waals surface area contributed by atoms with Gasteiger partial charge in [0.05, 0.1) is 5.69 Å². The Morgan fingerprint density at radius 1 is 1.00 bits per heavy atom. The summed E-state index contributed by atoms with van der Waals surface area (Å²) >= 11 is 0. The number of hydrogen-bond donors (Lipinski definition) is 0. The van der Waals surface area contributed by atoms with Gasteiger partial charge in [0.1, 0.15) is 5.82 Å². The van der Waals surface area contributed by atoms with Crippen molar-refractivity contribution >= 4 is 10.9 Å². The molecule has 1 aliphatic rings. The smallest absolute Gasteiger partial charge is 0.128 e. The van der Waals surface area contributed by atoms with Crippen molar-refractivity contribution in [3.63, 3.8) is 0 Å². The van der Waals surface area contributed by atoms with Gasteiger partial charge in [0, 0.05) is 55.5 Å². The third kappa shape index (κ3) is 2.92. The van der Waals surface area contributed by atoms with E-state index in [1.54, 1.807) is 6.07 Å². The third-order valence-electron chi connectivity index (χ3n) is 5.42. The van der Waals surface area contributed by atoms with Crippen molar-refractivity contribution in [1.82, 2.24) is 14.5 Å². The summed E-state index contributed by atoms with van der Waals surface area (Å²) in [5.74, 6) is -0.149. The van der Waals surface area contributed by atoms with E-state index in [1.807, 2.05) is 37.6 Å². The number of rotatable bonds is 3. The molecule has 0 radical (unpaired) electrons. The first-order chi connectivity index (χ1) is 13.2. The minimum Gasteiger partial charge on any atom is -0.351 e. The fourth-order valence-corrected chi connectivity index (χ4v) is 3.94. The molecule has 0 unspecified atom stereocenters. The lowest BCUT2D eigenvalue weighted by Gasteiger charge is -2.15. The summed E-state index contributed by atoms with van der Waals surface area (Å²) in [5.41, 5.74) is 6.20. The largest absolute Gasteiger partial charge is 0.351 e. The predicted octanol–water partition coefficient (Wildman–Crippen LogP) is 4.90. The Morgan fingerprint density at radius 3 is 2.70 bits per heavy atom. The number of aryl methyl sites for hydroxylation is 1. The molecule has 0 saturated heterocycles. The number of pyridine rings is 1. The fourth-order valence-electron chi connectivity index (χ4n) is 3.94. The average molecular weight is 357 g/mol. The first-order valence-corrected chi connectivity index (χ1v) is 9.16. The minimum atomic E-state index is -0.149. The molecule has 1 aliphatic heterocycles. The van der Waals surface area contributed by atoms with Crippen LogP contribution >= 0.6 is 0 Å². The van der Waals surface area contributed by atoms with Crippen LogP contribution in [0, 0.1) is 5.82 Å². The van der Waals surface area contributed by atoms with E-state index in [0.29, 0.717) is 6.54 Å². The zero-order chi connectivity index (χ0) is 18.4. The number of hydrogen-bond acceptors (Lipinski definition) is 2. The van der Waals surface area contributed by atoms with Crippen molar-refractivity contribution < 1.29 is 4.39 Å². The maximum atomic E-state index is 14.8. The Labute approximate surface area is 157 Å². The van der Waals surface area contributed by atoms with Crippen LogP contribution in [0.1, 0.15) is 16.8 Å². The second kappa shape index (κ2) is 6.32. The lowest BCUT2D eigenvalue weighted by molar-refractivity contribution is 0.270. The number of halogens is 1. The van der Waals surface area contributed by atoms with Crippen LogP contribution in [-0.2, 0) is 26.7 Å². The van der Waals surface area contributed by atoms with Crippen LogP contribution < -0.4 is 0 Å². The molecule has 3 nitrogen and oxygen atoms in total. The Bertz CT molecular complexity index is 1120. The van der Waals surface area contributed by atoms with Crippen molar-refractivity contribution in [3.05, 3.63) is 89.6 Å². The van der Waals surface area contributed by atoms with Crippen LogP contribution in [-0.4, -0.2) is 14.5 Å². The monoisotopic (exact) mass is 357 g/mol. The highest BCUT2D eigenvalue weighted by molar-refractivity contribution is 5.85. The second-order valence-electron chi connectivity index (χ2n) is 7.26. The van der Waals surface area contributed by atoms with E-state index in [9.17, 15) is 4.39 Å². The van der Waals surface area contributed by atoms with Gasteiger partial charge in [-0.1, -0.05) is 24.3 Å². The highest BCUT2D eigenvalue weighted by atomic mass is 19.1. The van der Waals surface area contributed by atoms with Crippen LogP contribution in [0.5, 0.6) is 0 Å². The van der Waals surface area contributed by atoms with Gasteiger partial charge in [-0.05, 0) is 47.0 Å². The van der Waals surface area contributed by atoms with E-state index < -0.39 is 0 Å². The summed E-state index contributed by atoms with van der Waals surface area (Å²) in [4.78, 5) is 6.64. The molecule has 2 aromatic carbocycles. The van der Waals surface area contributed by atoms with E-state index in [-0.39, 0.29) is 5.82 Å². The highest BCUT2D eigenvalue weighted by Gasteiger charge is 2.20. The molecule has 134 valence electrons. The van der Waals surface area contributed by atoms with Crippen molar-refractivity contribution in [2.75, 3.05) is 0 Å². The van der Waals surface area contributed by atoms with E-state index >= 15 is 0 Å². The van der Waals surface area contributed by atoms with Gasteiger partial charge >= 0.3 is 0 Å². The van der Waals surface area contributed by atoms with Crippen LogP contribution in [0.4, 0.5) is 4.39 Å². The number of aromatic nitrogens is 2. The molecule has 0 fully saturated rings. The standard InChI is InChI=1S/C23H20FN3/c1-26-10-8-18-11-16(6-7-23(18)26)17-4-5-19(21(24)12-17)13-27-14-20-3-2-9-25-22(20)15-27/h2-12H,13-15H2,1H3. The van der Waals surface area contributed by atoms with Crippen LogP contribution in [0.25, 0.3) is 22.0 Å². The number of benzene rings is 2. The zero-order valence-corrected chi connectivity index (χ0v) is 15.2. The molecule has 27 heavy (non-hydrogen) atoms. The Hall–Kier alpha value is -2.98. The molecular formula is C23H20FN3. The molecule has 5 rings (SSSR count). The maximum Gasteiger partial charge on any atom is 0.128 e. The Kier molecular flexibility index (Phi) is 3.80. The molecule has 0 aliphatic carbocycles. The average Bonchev–Trinajstić information content (AvgIpc) is 3.26. The lowest BCUT2D eigenvalue weighted by Crippen LogP contribution is -2.16. The van der Waals surface area contributed by atoms with Crippen molar-refractivity contribution in [3.8, 4) is 11.1 Å². The molecule has 2 aromatic heterocycles. The van der Waals surface area contributed by atoms with Gasteiger partial charge in [0.15, 0.2) is 0 Å². The van der Waals surface area contributed by atoms with Crippen molar-refractivity contribution in [2.45, 2.75) is 19.6 Å². The summed E-state index contributed by atoms with van der Waals surface area (Å²) in [7, 11) is 2.03. The maximum absolute atomic E-state index is 14.8. The van der Waals surface area contributed by atoms with Crippen molar-refractivity contribution in [1.29, 1.82) is 0 Å². The summed E-state index contributed by atoms with van der Waals surface area (Å²) in [6.07, 6.45) is 3.86. The predicted molar refractivity (Wildman–Crippen MR) is 106 cm³/mol. The van der Waals surface area contributed by atoms with Gasteiger partial charge in [-0.3, -0.25) is 9.88 Å². The van der Waals surface area contributed by atoms with Gasteiger partial charge in [0.25, 0.3) is 0 Å². The van der Waals surface area contributed by atoms with Crippen LogP contribution in [0.3, 0.4) is 0 Å². The lowest BCUT2D eigenvalue weighted by atomic mass is 10.0. The molecule has 0 amide bonds. The SMILES string of the molecule is Cn1ccc2cc(-c3ccc(CN4Cc5cccnc5C4)c(F)c3)ccc21. The summed E-state index contributed by atoms with van der Waals surface area (Å²) in [5, 5.41) is 1.17. The minimum absolute atomic E-state index is 0.149. The van der Waals surface area contributed by atoms with E-state index in [2.05, 4.69) is 44.8 Å². The molecular weight excluding hydrogens is 337 g/mol. The van der Waals surface area contributed by atoms with Gasteiger partial charge < -0.3 is 4.57 Å². The molecule has 0 bridgehead atoms. The normalized spacial score (nSPS) is 14.0. The van der Waals surface area contributed by atoms with Gasteiger partial charge in [-0.25, -0.2) is 4.39 Å². The number of nitrogens with zero attached hydrogens (tertiary/aromatic N) is 3. The van der Waals surface area contributed by atoms with E-state index in [1.165, 1.54) is 16.5 Å². The van der Waals surface area contributed by atoms with E-state index in [4.69, 9.17) is 0 Å². The third-order valence-corrected chi connectivity index (χ3v) is 5.42. The van der Waals surface area contributed by atoms with Gasteiger partial charge in [0.2, 0.25) is 0 Å². The summed E-state index contributed by atoms with van der Waals surface area (Å²) in [6, 6.07) is 18.0. The first-order valence-electron chi connectivity index (χ1n) is 9.16. The quantitative estimate of drug-likeness (QED) is 0.520. The topological polar surface area (TPSA) is 21.1 Å².